The summed E-state index contributed by atoms with van der Waals surface area (Å²) in [6.45, 7) is 0. The molecule has 2 rings (SSSR count). The van der Waals surface area contributed by atoms with E-state index in [2.05, 4.69) is 0 Å². The Morgan fingerprint density at radius 2 is 2.36 bits per heavy atom. The predicted molar refractivity (Wildman–Crippen MR) is 52.1 cm³/mol. The van der Waals surface area contributed by atoms with Crippen LogP contribution in [0.5, 0.6) is 0 Å². The molecule has 4 heteroatoms. The Morgan fingerprint density at radius 3 is 3.07 bits per heavy atom. The van der Waals surface area contributed by atoms with E-state index < -0.39 is 17.7 Å². The topological polar surface area (TPSA) is 37.3 Å². The molecule has 0 aromatic heterocycles. The molecular formula is C10H9FO2S. The first-order valence-corrected chi connectivity index (χ1v) is 5.32. The maximum atomic E-state index is 13.4. The van der Waals surface area contributed by atoms with Crippen molar-refractivity contribution in [3.63, 3.8) is 0 Å². The molecule has 0 saturated heterocycles. The van der Waals surface area contributed by atoms with Crippen molar-refractivity contribution < 1.29 is 14.3 Å². The molecule has 1 aliphatic rings. The summed E-state index contributed by atoms with van der Waals surface area (Å²) in [4.78, 5) is 11.7. The monoisotopic (exact) mass is 212 g/mol. The molecule has 2 nitrogen and oxygen atoms in total. The van der Waals surface area contributed by atoms with Crippen molar-refractivity contribution in [3.05, 3.63) is 29.6 Å². The normalized spacial score (nSPS) is 20.2. The lowest BCUT2D eigenvalue weighted by Gasteiger charge is -2.21. The molecule has 0 amide bonds. The molecule has 1 heterocycles. The predicted octanol–water partition coefficient (Wildman–Crippen LogP) is 2.49. The molecule has 1 aromatic carbocycles. The average Bonchev–Trinajstić information content (AvgIpc) is 2.17. The first kappa shape index (κ1) is 9.52. The summed E-state index contributed by atoms with van der Waals surface area (Å²) >= 11 is 1.52. The third-order valence-electron chi connectivity index (χ3n) is 2.32. The van der Waals surface area contributed by atoms with E-state index in [4.69, 9.17) is 5.11 Å². The Bertz CT molecular complexity index is 378. The largest absolute Gasteiger partial charge is 0.481 e. The van der Waals surface area contributed by atoms with Gasteiger partial charge in [0, 0.05) is 10.5 Å². The van der Waals surface area contributed by atoms with Gasteiger partial charge >= 0.3 is 5.97 Å². The van der Waals surface area contributed by atoms with Gasteiger partial charge in [0.1, 0.15) is 5.82 Å². The van der Waals surface area contributed by atoms with Crippen molar-refractivity contribution in [1.29, 1.82) is 0 Å². The van der Waals surface area contributed by atoms with Crippen LogP contribution in [-0.4, -0.2) is 16.8 Å². The SMILES string of the molecule is O=C(O)C1CCSc2cccc(F)c21. The van der Waals surface area contributed by atoms with Gasteiger partial charge in [0.05, 0.1) is 5.92 Å². The smallest absolute Gasteiger partial charge is 0.311 e. The number of fused-ring (bicyclic) bond motifs is 1. The number of rotatable bonds is 1. The van der Waals surface area contributed by atoms with Gasteiger partial charge in [0.25, 0.3) is 0 Å². The van der Waals surface area contributed by atoms with E-state index >= 15 is 0 Å². The lowest BCUT2D eigenvalue weighted by Crippen LogP contribution is -2.18. The Balaban J connectivity index is 2.52. The zero-order valence-electron chi connectivity index (χ0n) is 7.37. The summed E-state index contributed by atoms with van der Waals surface area (Å²) in [5, 5.41) is 8.93. The number of halogens is 1. The second-order valence-corrected chi connectivity index (χ2v) is 4.32. The highest BCUT2D eigenvalue weighted by atomic mass is 32.2. The fraction of sp³-hybridized carbons (Fsp3) is 0.300. The van der Waals surface area contributed by atoms with Crippen molar-refractivity contribution in [2.45, 2.75) is 17.2 Å². The number of thioether (sulfide) groups is 1. The van der Waals surface area contributed by atoms with E-state index in [1.165, 1.54) is 17.8 Å². The van der Waals surface area contributed by atoms with E-state index in [0.717, 1.165) is 10.6 Å². The first-order valence-electron chi connectivity index (χ1n) is 4.34. The first-order chi connectivity index (χ1) is 6.70. The summed E-state index contributed by atoms with van der Waals surface area (Å²) < 4.78 is 13.4. The van der Waals surface area contributed by atoms with Crippen LogP contribution in [0.25, 0.3) is 0 Å². The second kappa shape index (κ2) is 3.61. The number of benzene rings is 1. The summed E-state index contributed by atoms with van der Waals surface area (Å²) in [5.41, 5.74) is 0.358. The number of carbonyl (C=O) groups is 1. The van der Waals surface area contributed by atoms with Crippen LogP contribution in [0.4, 0.5) is 4.39 Å². The molecule has 0 aliphatic carbocycles. The average molecular weight is 212 g/mol. The standard InChI is InChI=1S/C10H9FO2S/c11-7-2-1-3-8-9(7)6(10(12)13)4-5-14-8/h1-3,6H,4-5H2,(H,12,13). The number of hydrogen-bond acceptors (Lipinski definition) is 2. The van der Waals surface area contributed by atoms with Crippen LogP contribution in [0.2, 0.25) is 0 Å². The summed E-state index contributed by atoms with van der Waals surface area (Å²) in [6, 6.07) is 4.71. The van der Waals surface area contributed by atoms with E-state index in [1.54, 1.807) is 12.1 Å². The number of hydrogen-bond donors (Lipinski definition) is 1. The van der Waals surface area contributed by atoms with Crippen LogP contribution >= 0.6 is 11.8 Å². The maximum absolute atomic E-state index is 13.4. The molecule has 0 bridgehead atoms. The quantitative estimate of drug-likeness (QED) is 0.777. The Kier molecular flexibility index (Phi) is 2.46. The minimum Gasteiger partial charge on any atom is -0.481 e. The number of carboxylic acids is 1. The van der Waals surface area contributed by atoms with Gasteiger partial charge in [-0.25, -0.2) is 4.39 Å². The molecule has 1 unspecified atom stereocenters. The van der Waals surface area contributed by atoms with Crippen LogP contribution in [0.3, 0.4) is 0 Å². The van der Waals surface area contributed by atoms with Crippen molar-refractivity contribution >= 4 is 17.7 Å². The molecule has 14 heavy (non-hydrogen) atoms. The molecule has 0 spiro atoms. The van der Waals surface area contributed by atoms with E-state index in [9.17, 15) is 9.18 Å². The summed E-state index contributed by atoms with van der Waals surface area (Å²) in [7, 11) is 0. The molecular weight excluding hydrogens is 203 g/mol. The van der Waals surface area contributed by atoms with Crippen LogP contribution in [0.15, 0.2) is 23.1 Å². The summed E-state index contributed by atoms with van der Waals surface area (Å²) in [6.07, 6.45) is 0.508. The van der Waals surface area contributed by atoms with E-state index in [1.807, 2.05) is 0 Å². The fourth-order valence-corrected chi connectivity index (χ4v) is 2.80. The highest BCUT2D eigenvalue weighted by Gasteiger charge is 2.29. The third kappa shape index (κ3) is 1.50. The van der Waals surface area contributed by atoms with Crippen molar-refractivity contribution in [1.82, 2.24) is 0 Å². The van der Waals surface area contributed by atoms with Crippen LogP contribution < -0.4 is 0 Å². The zero-order chi connectivity index (χ0) is 10.1. The van der Waals surface area contributed by atoms with Gasteiger partial charge in [-0.1, -0.05) is 6.07 Å². The van der Waals surface area contributed by atoms with Crippen molar-refractivity contribution in [2.24, 2.45) is 0 Å². The van der Waals surface area contributed by atoms with Gasteiger partial charge in [-0.3, -0.25) is 4.79 Å². The zero-order valence-corrected chi connectivity index (χ0v) is 8.18. The van der Waals surface area contributed by atoms with Gasteiger partial charge < -0.3 is 5.11 Å². The van der Waals surface area contributed by atoms with Crippen molar-refractivity contribution in [3.8, 4) is 0 Å². The fourth-order valence-electron chi connectivity index (χ4n) is 1.66. The highest BCUT2D eigenvalue weighted by molar-refractivity contribution is 7.99. The van der Waals surface area contributed by atoms with Crippen molar-refractivity contribution in [2.75, 3.05) is 5.75 Å². The van der Waals surface area contributed by atoms with E-state index in [-0.39, 0.29) is 0 Å². The molecule has 0 saturated carbocycles. The van der Waals surface area contributed by atoms with Gasteiger partial charge in [-0.2, -0.15) is 0 Å². The van der Waals surface area contributed by atoms with Crippen LogP contribution in [0.1, 0.15) is 17.9 Å². The number of aliphatic carboxylic acids is 1. The number of carboxylic acid groups (broad SMARTS) is 1. The molecule has 1 atom stereocenters. The minimum atomic E-state index is -0.934. The summed E-state index contributed by atoms with van der Waals surface area (Å²) in [5.74, 6) is -1.26. The third-order valence-corrected chi connectivity index (χ3v) is 3.43. The van der Waals surface area contributed by atoms with E-state index in [0.29, 0.717) is 12.0 Å². The molecule has 1 aliphatic heterocycles. The lowest BCUT2D eigenvalue weighted by molar-refractivity contribution is -0.139. The van der Waals surface area contributed by atoms with Crippen LogP contribution in [0, 0.1) is 5.82 Å². The molecule has 1 N–H and O–H groups in total. The van der Waals surface area contributed by atoms with Gasteiger partial charge in [-0.15, -0.1) is 11.8 Å². The van der Waals surface area contributed by atoms with Gasteiger partial charge in [0.2, 0.25) is 0 Å². The maximum Gasteiger partial charge on any atom is 0.311 e. The highest BCUT2D eigenvalue weighted by Crippen LogP contribution is 2.38. The van der Waals surface area contributed by atoms with Gasteiger partial charge in [0.15, 0.2) is 0 Å². The van der Waals surface area contributed by atoms with Crippen LogP contribution in [-0.2, 0) is 4.79 Å². The molecule has 1 aromatic rings. The molecule has 0 fully saturated rings. The Hall–Kier alpha value is -1.03. The molecule has 0 radical (unpaired) electrons. The Labute approximate surface area is 85.1 Å². The second-order valence-electron chi connectivity index (χ2n) is 3.18. The van der Waals surface area contributed by atoms with Gasteiger partial charge in [-0.05, 0) is 24.3 Å². The lowest BCUT2D eigenvalue weighted by atomic mass is 9.95. The molecule has 74 valence electrons. The minimum absolute atomic E-state index is 0.358. The Morgan fingerprint density at radius 1 is 1.57 bits per heavy atom.